The quantitative estimate of drug-likeness (QED) is 0.654. The van der Waals surface area contributed by atoms with Gasteiger partial charge in [-0.3, -0.25) is 9.59 Å². The van der Waals surface area contributed by atoms with E-state index >= 15 is 0 Å². The minimum absolute atomic E-state index is 0.0767. The summed E-state index contributed by atoms with van der Waals surface area (Å²) < 4.78 is 0. The maximum Gasteiger partial charge on any atom is 0.255 e. The fraction of sp³-hybridized carbons (Fsp3) is 0.231. The lowest BCUT2D eigenvalue weighted by molar-refractivity contribution is 0.0950. The van der Waals surface area contributed by atoms with Gasteiger partial charge in [-0.25, -0.2) is 0 Å². The zero-order valence-electron chi connectivity index (χ0n) is 17.3. The van der Waals surface area contributed by atoms with E-state index in [0.717, 1.165) is 38.0 Å². The lowest BCUT2D eigenvalue weighted by atomic mass is 9.98. The van der Waals surface area contributed by atoms with Crippen LogP contribution in [-0.2, 0) is 13.0 Å². The van der Waals surface area contributed by atoms with Gasteiger partial charge >= 0.3 is 0 Å². The highest BCUT2D eigenvalue weighted by Crippen LogP contribution is 2.30. The summed E-state index contributed by atoms with van der Waals surface area (Å²) in [7, 11) is 0. The molecule has 31 heavy (non-hydrogen) atoms. The average molecular weight is 412 g/mol. The molecule has 156 valence electrons. The molecule has 2 amide bonds. The number of benzene rings is 3. The summed E-state index contributed by atoms with van der Waals surface area (Å²) in [5.41, 5.74) is 5.39. The molecule has 3 aromatic carbocycles. The molecule has 0 bridgehead atoms. The molecule has 0 atom stereocenters. The van der Waals surface area contributed by atoms with Crippen LogP contribution in [0, 0.1) is 0 Å². The Bertz CT molecular complexity index is 1120. The largest absolute Gasteiger partial charge is 0.366 e. The summed E-state index contributed by atoms with van der Waals surface area (Å²) in [5.74, 6) is -0.263. The molecular formula is C26H25N3O2. The Hall–Kier alpha value is -3.60. The molecule has 0 saturated heterocycles. The molecule has 5 rings (SSSR count). The molecule has 2 N–H and O–H groups in total. The van der Waals surface area contributed by atoms with E-state index in [2.05, 4.69) is 39.8 Å². The highest BCUT2D eigenvalue weighted by atomic mass is 16.2. The maximum absolute atomic E-state index is 13.1. The van der Waals surface area contributed by atoms with E-state index in [9.17, 15) is 9.59 Å². The van der Waals surface area contributed by atoms with Gasteiger partial charge in [0, 0.05) is 36.1 Å². The van der Waals surface area contributed by atoms with Crippen LogP contribution in [0.15, 0.2) is 72.8 Å². The monoisotopic (exact) mass is 411 g/mol. The van der Waals surface area contributed by atoms with Gasteiger partial charge in [-0.05, 0) is 60.7 Å². The Kier molecular flexibility index (Phi) is 5.16. The first-order valence-electron chi connectivity index (χ1n) is 10.8. The number of hydrogen-bond acceptors (Lipinski definition) is 3. The van der Waals surface area contributed by atoms with Crippen molar-refractivity contribution in [2.45, 2.75) is 31.8 Å². The smallest absolute Gasteiger partial charge is 0.255 e. The molecular weight excluding hydrogens is 386 g/mol. The van der Waals surface area contributed by atoms with E-state index in [1.165, 1.54) is 11.1 Å². The second kappa shape index (κ2) is 8.26. The van der Waals surface area contributed by atoms with Crippen LogP contribution in [0.5, 0.6) is 0 Å². The summed E-state index contributed by atoms with van der Waals surface area (Å²) in [6.45, 7) is 1.63. The number of carbonyl (C=O) groups excluding carboxylic acids is 2. The van der Waals surface area contributed by atoms with Crippen LogP contribution in [0.2, 0.25) is 0 Å². The Morgan fingerprint density at radius 3 is 2.35 bits per heavy atom. The van der Waals surface area contributed by atoms with Crippen molar-refractivity contribution in [1.29, 1.82) is 0 Å². The van der Waals surface area contributed by atoms with Gasteiger partial charge in [-0.15, -0.1) is 0 Å². The number of nitrogens with zero attached hydrogens (tertiary/aromatic N) is 1. The molecule has 3 aromatic rings. The zero-order valence-corrected chi connectivity index (χ0v) is 17.3. The maximum atomic E-state index is 13.1. The zero-order chi connectivity index (χ0) is 21.2. The Labute approximate surface area is 182 Å². The molecule has 5 heteroatoms. The van der Waals surface area contributed by atoms with E-state index in [0.29, 0.717) is 16.8 Å². The minimum atomic E-state index is -0.186. The van der Waals surface area contributed by atoms with E-state index in [-0.39, 0.29) is 17.9 Å². The summed E-state index contributed by atoms with van der Waals surface area (Å²) in [4.78, 5) is 27.9. The van der Waals surface area contributed by atoms with Crippen molar-refractivity contribution in [2.24, 2.45) is 0 Å². The molecule has 1 aliphatic carbocycles. The van der Waals surface area contributed by atoms with Crippen LogP contribution in [0.1, 0.15) is 44.7 Å². The SMILES string of the molecule is O=C(Nc1ccc(N2CCc3ccccc3C2)c(C(=O)NC2CC2)c1)c1ccccc1. The van der Waals surface area contributed by atoms with E-state index < -0.39 is 0 Å². The minimum Gasteiger partial charge on any atom is -0.366 e. The van der Waals surface area contributed by atoms with Crippen LogP contribution >= 0.6 is 0 Å². The molecule has 5 nitrogen and oxygen atoms in total. The lowest BCUT2D eigenvalue weighted by Gasteiger charge is -2.32. The van der Waals surface area contributed by atoms with Crippen molar-refractivity contribution >= 4 is 23.2 Å². The van der Waals surface area contributed by atoms with Gasteiger partial charge < -0.3 is 15.5 Å². The van der Waals surface area contributed by atoms with Crippen molar-refractivity contribution in [3.05, 3.63) is 95.1 Å². The molecule has 0 spiro atoms. The van der Waals surface area contributed by atoms with Crippen LogP contribution < -0.4 is 15.5 Å². The first kappa shape index (κ1) is 19.4. The lowest BCUT2D eigenvalue weighted by Crippen LogP contribution is -2.33. The van der Waals surface area contributed by atoms with Gasteiger partial charge in [0.05, 0.1) is 5.56 Å². The molecule has 2 aliphatic rings. The fourth-order valence-corrected chi connectivity index (χ4v) is 4.06. The third-order valence-corrected chi connectivity index (χ3v) is 5.92. The summed E-state index contributed by atoms with van der Waals surface area (Å²) in [6.07, 6.45) is 3.01. The second-order valence-corrected chi connectivity index (χ2v) is 8.24. The van der Waals surface area contributed by atoms with Gasteiger partial charge in [0.2, 0.25) is 0 Å². The van der Waals surface area contributed by atoms with Crippen LogP contribution in [0.25, 0.3) is 0 Å². The molecule has 1 saturated carbocycles. The number of rotatable bonds is 5. The van der Waals surface area contributed by atoms with E-state index in [4.69, 9.17) is 0 Å². The number of fused-ring (bicyclic) bond motifs is 1. The van der Waals surface area contributed by atoms with Crippen LogP contribution in [0.4, 0.5) is 11.4 Å². The van der Waals surface area contributed by atoms with Crippen molar-refractivity contribution in [1.82, 2.24) is 5.32 Å². The van der Waals surface area contributed by atoms with Crippen molar-refractivity contribution in [3.63, 3.8) is 0 Å². The highest BCUT2D eigenvalue weighted by Gasteiger charge is 2.27. The van der Waals surface area contributed by atoms with Gasteiger partial charge in [0.15, 0.2) is 0 Å². The number of anilines is 2. The van der Waals surface area contributed by atoms with Crippen molar-refractivity contribution < 1.29 is 9.59 Å². The highest BCUT2D eigenvalue weighted by molar-refractivity contribution is 6.06. The molecule has 1 heterocycles. The van der Waals surface area contributed by atoms with Gasteiger partial charge in [-0.2, -0.15) is 0 Å². The number of hydrogen-bond donors (Lipinski definition) is 2. The van der Waals surface area contributed by atoms with Gasteiger partial charge in [-0.1, -0.05) is 42.5 Å². The van der Waals surface area contributed by atoms with E-state index in [1.54, 1.807) is 18.2 Å². The molecule has 1 aliphatic heterocycles. The van der Waals surface area contributed by atoms with Gasteiger partial charge in [0.1, 0.15) is 0 Å². The van der Waals surface area contributed by atoms with Gasteiger partial charge in [0.25, 0.3) is 11.8 Å². The summed E-state index contributed by atoms with van der Waals surface area (Å²) in [6, 6.07) is 23.5. The number of nitrogens with one attached hydrogen (secondary N) is 2. The molecule has 1 fully saturated rings. The summed E-state index contributed by atoms with van der Waals surface area (Å²) >= 11 is 0. The van der Waals surface area contributed by atoms with E-state index in [1.807, 2.05) is 30.3 Å². The third kappa shape index (κ3) is 4.31. The Morgan fingerprint density at radius 1 is 0.839 bits per heavy atom. The third-order valence-electron chi connectivity index (χ3n) is 5.92. The van der Waals surface area contributed by atoms with Crippen LogP contribution in [0.3, 0.4) is 0 Å². The Balaban J connectivity index is 1.43. The molecule has 0 unspecified atom stereocenters. The van der Waals surface area contributed by atoms with Crippen molar-refractivity contribution in [3.8, 4) is 0 Å². The number of amides is 2. The number of carbonyl (C=O) groups is 2. The summed E-state index contributed by atoms with van der Waals surface area (Å²) in [5, 5.41) is 6.03. The first-order chi connectivity index (χ1) is 15.2. The van der Waals surface area contributed by atoms with Crippen molar-refractivity contribution in [2.75, 3.05) is 16.8 Å². The first-order valence-corrected chi connectivity index (χ1v) is 10.8. The average Bonchev–Trinajstić information content (AvgIpc) is 3.63. The predicted molar refractivity (Wildman–Crippen MR) is 123 cm³/mol. The second-order valence-electron chi connectivity index (χ2n) is 8.24. The predicted octanol–water partition coefficient (Wildman–Crippen LogP) is 4.39. The Morgan fingerprint density at radius 2 is 1.58 bits per heavy atom. The standard InChI is InChI=1S/C26H25N3O2/c30-25(19-7-2-1-3-8-19)28-22-12-13-24(23(16-22)26(31)27-21-10-11-21)29-15-14-18-6-4-5-9-20(18)17-29/h1-9,12-13,16,21H,10-11,14-15,17H2,(H,27,31)(H,28,30). The fourth-order valence-electron chi connectivity index (χ4n) is 4.06. The normalized spacial score (nSPS) is 15.2. The topological polar surface area (TPSA) is 61.4 Å². The molecule has 0 radical (unpaired) electrons. The van der Waals surface area contributed by atoms with Crippen LogP contribution in [-0.4, -0.2) is 24.4 Å². The molecule has 0 aromatic heterocycles.